The van der Waals surface area contributed by atoms with Crippen molar-refractivity contribution in [2.75, 3.05) is 5.32 Å². The molecule has 2 rings (SSSR count). The third-order valence-corrected chi connectivity index (χ3v) is 2.40. The number of aryl methyl sites for hydroxylation is 1. The Morgan fingerprint density at radius 3 is 2.50 bits per heavy atom. The Hall–Kier alpha value is -2.48. The normalized spacial score (nSPS) is 9.89. The number of hydrogen-bond acceptors (Lipinski definition) is 3. The minimum absolute atomic E-state index is 0.210. The zero-order chi connectivity index (χ0) is 13.1. The number of nitrogens with one attached hydrogen (secondary N) is 1. The van der Waals surface area contributed by atoms with E-state index in [2.05, 4.69) is 10.3 Å². The van der Waals surface area contributed by atoms with E-state index in [0.717, 1.165) is 23.8 Å². The van der Waals surface area contributed by atoms with Crippen LogP contribution >= 0.6 is 0 Å². The maximum Gasteiger partial charge on any atom is 0.148 e. The molecule has 5 heteroatoms. The minimum atomic E-state index is -0.691. The first-order valence-corrected chi connectivity index (χ1v) is 5.19. The van der Waals surface area contributed by atoms with Gasteiger partial charge in [-0.1, -0.05) is 0 Å². The number of benzene rings is 1. The van der Waals surface area contributed by atoms with E-state index in [4.69, 9.17) is 5.26 Å². The van der Waals surface area contributed by atoms with Gasteiger partial charge in [-0.3, -0.25) is 0 Å². The van der Waals surface area contributed by atoms with Gasteiger partial charge in [0.2, 0.25) is 0 Å². The van der Waals surface area contributed by atoms with E-state index in [1.54, 1.807) is 13.0 Å². The van der Waals surface area contributed by atoms with Gasteiger partial charge in [0.15, 0.2) is 0 Å². The predicted molar refractivity (Wildman–Crippen MR) is 63.3 cm³/mol. The monoisotopic (exact) mass is 245 g/mol. The first kappa shape index (κ1) is 12.0. The highest BCUT2D eigenvalue weighted by Crippen LogP contribution is 2.21. The molecular formula is C13H9F2N3. The van der Waals surface area contributed by atoms with Crippen molar-refractivity contribution in [3.05, 3.63) is 53.2 Å². The van der Waals surface area contributed by atoms with Crippen molar-refractivity contribution in [1.82, 2.24) is 4.98 Å². The smallest absolute Gasteiger partial charge is 0.148 e. The Kier molecular flexibility index (Phi) is 3.20. The van der Waals surface area contributed by atoms with Crippen LogP contribution in [0.3, 0.4) is 0 Å². The maximum atomic E-state index is 13.0. The summed E-state index contributed by atoms with van der Waals surface area (Å²) in [5.74, 6) is -1.10. The van der Waals surface area contributed by atoms with Crippen LogP contribution in [0.2, 0.25) is 0 Å². The lowest BCUT2D eigenvalue weighted by molar-refractivity contribution is 0.584. The fraction of sp³-hybridized carbons (Fsp3) is 0.0769. The first-order chi connectivity index (χ1) is 8.60. The molecule has 1 heterocycles. The molecule has 0 aliphatic heterocycles. The fourth-order valence-electron chi connectivity index (χ4n) is 1.56. The van der Waals surface area contributed by atoms with E-state index in [9.17, 15) is 8.78 Å². The summed E-state index contributed by atoms with van der Waals surface area (Å²) in [5.41, 5.74) is 1.30. The van der Waals surface area contributed by atoms with Gasteiger partial charge in [0.25, 0.3) is 0 Å². The van der Waals surface area contributed by atoms with Gasteiger partial charge in [0.1, 0.15) is 23.5 Å². The molecule has 0 amide bonds. The van der Waals surface area contributed by atoms with Crippen molar-refractivity contribution in [3.8, 4) is 6.07 Å². The number of anilines is 2. The summed E-state index contributed by atoms with van der Waals surface area (Å²) in [6.07, 6.45) is 1.52. The molecule has 18 heavy (non-hydrogen) atoms. The largest absolute Gasteiger partial charge is 0.339 e. The summed E-state index contributed by atoms with van der Waals surface area (Å²) >= 11 is 0. The average molecular weight is 245 g/mol. The molecular weight excluding hydrogens is 236 g/mol. The van der Waals surface area contributed by atoms with E-state index in [-0.39, 0.29) is 11.5 Å². The fourth-order valence-corrected chi connectivity index (χ4v) is 1.56. The van der Waals surface area contributed by atoms with Crippen molar-refractivity contribution in [3.63, 3.8) is 0 Å². The Morgan fingerprint density at radius 1 is 1.22 bits per heavy atom. The maximum absolute atomic E-state index is 13.0. The van der Waals surface area contributed by atoms with Crippen molar-refractivity contribution in [2.45, 2.75) is 6.92 Å². The molecule has 0 spiro atoms. The highest BCUT2D eigenvalue weighted by Gasteiger charge is 2.08. The molecule has 1 N–H and O–H groups in total. The number of nitriles is 1. The van der Waals surface area contributed by atoms with Crippen LogP contribution in [0.25, 0.3) is 0 Å². The van der Waals surface area contributed by atoms with E-state index in [1.807, 2.05) is 6.07 Å². The summed E-state index contributed by atoms with van der Waals surface area (Å²) in [4.78, 5) is 3.99. The summed E-state index contributed by atoms with van der Waals surface area (Å²) in [7, 11) is 0. The quantitative estimate of drug-likeness (QED) is 0.883. The molecule has 0 bridgehead atoms. The van der Waals surface area contributed by atoms with Crippen LogP contribution in [0.4, 0.5) is 20.3 Å². The third-order valence-electron chi connectivity index (χ3n) is 2.40. The van der Waals surface area contributed by atoms with Crippen LogP contribution in [-0.2, 0) is 0 Å². The number of aromatic nitrogens is 1. The van der Waals surface area contributed by atoms with Crippen LogP contribution in [0.5, 0.6) is 0 Å². The van der Waals surface area contributed by atoms with Gasteiger partial charge in [-0.15, -0.1) is 0 Å². The molecule has 90 valence electrons. The van der Waals surface area contributed by atoms with Gasteiger partial charge >= 0.3 is 0 Å². The lowest BCUT2D eigenvalue weighted by Gasteiger charge is -2.08. The lowest BCUT2D eigenvalue weighted by Crippen LogP contribution is -1.99. The molecule has 0 fully saturated rings. The number of pyridine rings is 1. The SMILES string of the molecule is Cc1ccnc(Nc2cc(F)cc(F)c2)c1C#N. The van der Waals surface area contributed by atoms with E-state index >= 15 is 0 Å². The van der Waals surface area contributed by atoms with Crippen molar-refractivity contribution < 1.29 is 8.78 Å². The van der Waals surface area contributed by atoms with Crippen LogP contribution in [0, 0.1) is 29.9 Å². The number of nitrogens with zero attached hydrogens (tertiary/aromatic N) is 2. The highest BCUT2D eigenvalue weighted by atomic mass is 19.1. The Balaban J connectivity index is 2.40. The number of hydrogen-bond donors (Lipinski definition) is 1. The highest BCUT2D eigenvalue weighted by molar-refractivity contribution is 5.64. The predicted octanol–water partition coefficient (Wildman–Crippen LogP) is 3.28. The van der Waals surface area contributed by atoms with Crippen LogP contribution < -0.4 is 5.32 Å². The molecule has 0 saturated heterocycles. The van der Waals surface area contributed by atoms with Gasteiger partial charge < -0.3 is 5.32 Å². The summed E-state index contributed by atoms with van der Waals surface area (Å²) in [5, 5.41) is 11.7. The Morgan fingerprint density at radius 2 is 1.89 bits per heavy atom. The third kappa shape index (κ3) is 2.43. The average Bonchev–Trinajstić information content (AvgIpc) is 2.27. The standard InChI is InChI=1S/C13H9F2N3/c1-8-2-3-17-13(12(8)7-16)18-11-5-9(14)4-10(15)6-11/h2-6H,1H3,(H,17,18). The molecule has 2 aromatic rings. The molecule has 3 nitrogen and oxygen atoms in total. The number of halogens is 2. The van der Waals surface area contributed by atoms with Crippen molar-refractivity contribution in [1.29, 1.82) is 5.26 Å². The first-order valence-electron chi connectivity index (χ1n) is 5.19. The molecule has 0 aliphatic carbocycles. The summed E-state index contributed by atoms with van der Waals surface area (Å²) in [6, 6.07) is 6.74. The van der Waals surface area contributed by atoms with E-state index in [0.29, 0.717) is 5.56 Å². The topological polar surface area (TPSA) is 48.7 Å². The summed E-state index contributed by atoms with van der Waals surface area (Å²) in [6.45, 7) is 1.76. The zero-order valence-electron chi connectivity index (χ0n) is 9.54. The van der Waals surface area contributed by atoms with Crippen molar-refractivity contribution in [2.24, 2.45) is 0 Å². The minimum Gasteiger partial charge on any atom is -0.339 e. The molecule has 1 aromatic heterocycles. The van der Waals surface area contributed by atoms with Crippen molar-refractivity contribution >= 4 is 11.5 Å². The summed E-state index contributed by atoms with van der Waals surface area (Å²) < 4.78 is 26.1. The second kappa shape index (κ2) is 4.80. The second-order valence-electron chi connectivity index (χ2n) is 3.75. The van der Waals surface area contributed by atoms with E-state index in [1.165, 1.54) is 6.20 Å². The van der Waals surface area contributed by atoms with Gasteiger partial charge in [-0.05, 0) is 30.7 Å². The van der Waals surface area contributed by atoms with Crippen LogP contribution in [0.15, 0.2) is 30.5 Å². The zero-order valence-corrected chi connectivity index (χ0v) is 9.54. The molecule has 1 aromatic carbocycles. The molecule has 0 radical (unpaired) electrons. The Labute approximate surface area is 103 Å². The molecule has 0 aliphatic rings. The molecule has 0 saturated carbocycles. The molecule has 0 unspecified atom stereocenters. The van der Waals surface area contributed by atoms with Gasteiger partial charge in [-0.25, -0.2) is 13.8 Å². The van der Waals surface area contributed by atoms with Gasteiger partial charge in [-0.2, -0.15) is 5.26 Å². The van der Waals surface area contributed by atoms with Gasteiger partial charge in [0.05, 0.1) is 5.56 Å². The van der Waals surface area contributed by atoms with Crippen LogP contribution in [-0.4, -0.2) is 4.98 Å². The van der Waals surface area contributed by atoms with Crippen LogP contribution in [0.1, 0.15) is 11.1 Å². The number of rotatable bonds is 2. The Bertz CT molecular complexity index is 612. The second-order valence-corrected chi connectivity index (χ2v) is 3.75. The van der Waals surface area contributed by atoms with E-state index < -0.39 is 11.6 Å². The molecule has 0 atom stereocenters. The lowest BCUT2D eigenvalue weighted by atomic mass is 10.1. The van der Waals surface area contributed by atoms with Gasteiger partial charge in [0, 0.05) is 18.0 Å².